The van der Waals surface area contributed by atoms with Crippen LogP contribution < -0.4 is 10.1 Å². The van der Waals surface area contributed by atoms with Crippen LogP contribution in [0.15, 0.2) is 6.07 Å². The SMILES string of the molecule is CCCCOc1nc(C)cc(C)c1CNC1CC1. The maximum Gasteiger partial charge on any atom is 0.218 e. The Kier molecular flexibility index (Phi) is 4.59. The minimum Gasteiger partial charge on any atom is -0.477 e. The first-order chi connectivity index (χ1) is 8.70. The van der Waals surface area contributed by atoms with Crippen molar-refractivity contribution in [1.82, 2.24) is 10.3 Å². The van der Waals surface area contributed by atoms with Gasteiger partial charge in [0.2, 0.25) is 5.88 Å². The highest BCUT2D eigenvalue weighted by atomic mass is 16.5. The highest BCUT2D eigenvalue weighted by Gasteiger charge is 2.21. The van der Waals surface area contributed by atoms with Crippen LogP contribution in [0.4, 0.5) is 0 Å². The molecule has 1 aromatic heterocycles. The second kappa shape index (κ2) is 6.19. The van der Waals surface area contributed by atoms with Crippen LogP contribution in [0.2, 0.25) is 0 Å². The molecule has 3 nitrogen and oxygen atoms in total. The fourth-order valence-electron chi connectivity index (χ4n) is 2.01. The summed E-state index contributed by atoms with van der Waals surface area (Å²) in [7, 11) is 0. The number of nitrogens with one attached hydrogen (secondary N) is 1. The fourth-order valence-corrected chi connectivity index (χ4v) is 2.01. The number of hydrogen-bond donors (Lipinski definition) is 1. The zero-order valence-corrected chi connectivity index (χ0v) is 11.8. The van der Waals surface area contributed by atoms with Gasteiger partial charge in [-0.1, -0.05) is 13.3 Å². The lowest BCUT2D eigenvalue weighted by atomic mass is 10.1. The van der Waals surface area contributed by atoms with E-state index in [1.807, 2.05) is 6.92 Å². The summed E-state index contributed by atoms with van der Waals surface area (Å²) in [6, 6.07) is 2.85. The number of aromatic nitrogens is 1. The molecule has 0 unspecified atom stereocenters. The number of unbranched alkanes of at least 4 members (excludes halogenated alkanes) is 1. The smallest absolute Gasteiger partial charge is 0.218 e. The number of pyridine rings is 1. The van der Waals surface area contributed by atoms with Gasteiger partial charge >= 0.3 is 0 Å². The van der Waals surface area contributed by atoms with E-state index in [9.17, 15) is 0 Å². The molecule has 100 valence electrons. The highest BCUT2D eigenvalue weighted by Crippen LogP contribution is 2.24. The molecule has 1 N–H and O–H groups in total. The van der Waals surface area contributed by atoms with Gasteiger partial charge in [0.05, 0.1) is 6.61 Å². The average Bonchev–Trinajstić information content (AvgIpc) is 3.12. The number of ether oxygens (including phenoxy) is 1. The molecule has 0 aromatic carbocycles. The topological polar surface area (TPSA) is 34.1 Å². The Bertz CT molecular complexity index is 400. The van der Waals surface area contributed by atoms with Gasteiger partial charge in [0.1, 0.15) is 0 Å². The van der Waals surface area contributed by atoms with Crippen molar-refractivity contribution in [2.24, 2.45) is 0 Å². The molecule has 0 spiro atoms. The van der Waals surface area contributed by atoms with E-state index >= 15 is 0 Å². The monoisotopic (exact) mass is 248 g/mol. The van der Waals surface area contributed by atoms with Crippen LogP contribution in [0.25, 0.3) is 0 Å². The van der Waals surface area contributed by atoms with Gasteiger partial charge in [-0.15, -0.1) is 0 Å². The molecule has 1 aliphatic rings. The van der Waals surface area contributed by atoms with Crippen LogP contribution in [0.3, 0.4) is 0 Å². The summed E-state index contributed by atoms with van der Waals surface area (Å²) in [6.45, 7) is 7.99. The van der Waals surface area contributed by atoms with Gasteiger partial charge in [-0.05, 0) is 44.7 Å². The van der Waals surface area contributed by atoms with Crippen LogP contribution in [0, 0.1) is 13.8 Å². The third-order valence-corrected chi connectivity index (χ3v) is 3.32. The Morgan fingerprint density at radius 1 is 1.39 bits per heavy atom. The van der Waals surface area contributed by atoms with Crippen molar-refractivity contribution >= 4 is 0 Å². The fraction of sp³-hybridized carbons (Fsp3) is 0.667. The van der Waals surface area contributed by atoms with Crippen molar-refractivity contribution in [3.8, 4) is 5.88 Å². The molecule has 0 bridgehead atoms. The molecule has 1 heterocycles. The first kappa shape index (κ1) is 13.3. The molecule has 1 fully saturated rings. The molecule has 3 heteroatoms. The first-order valence-corrected chi connectivity index (χ1v) is 7.04. The summed E-state index contributed by atoms with van der Waals surface area (Å²) in [5.41, 5.74) is 3.54. The third-order valence-electron chi connectivity index (χ3n) is 3.32. The Morgan fingerprint density at radius 2 is 2.17 bits per heavy atom. The Morgan fingerprint density at radius 3 is 2.83 bits per heavy atom. The molecule has 1 aliphatic carbocycles. The lowest BCUT2D eigenvalue weighted by Crippen LogP contribution is -2.18. The molecule has 0 amide bonds. The molecule has 18 heavy (non-hydrogen) atoms. The Hall–Kier alpha value is -1.09. The van der Waals surface area contributed by atoms with Crippen molar-refractivity contribution in [2.45, 2.75) is 59.0 Å². The van der Waals surface area contributed by atoms with Crippen LogP contribution in [-0.2, 0) is 6.54 Å². The van der Waals surface area contributed by atoms with Gasteiger partial charge in [0, 0.05) is 23.8 Å². The predicted molar refractivity (Wildman–Crippen MR) is 74.0 cm³/mol. The van der Waals surface area contributed by atoms with Gasteiger partial charge in [0.25, 0.3) is 0 Å². The van der Waals surface area contributed by atoms with Crippen LogP contribution in [0.5, 0.6) is 5.88 Å². The van der Waals surface area contributed by atoms with E-state index in [0.29, 0.717) is 6.04 Å². The van der Waals surface area contributed by atoms with E-state index in [1.165, 1.54) is 24.0 Å². The highest BCUT2D eigenvalue weighted by molar-refractivity contribution is 5.36. The van der Waals surface area contributed by atoms with Gasteiger partial charge in [0.15, 0.2) is 0 Å². The zero-order chi connectivity index (χ0) is 13.0. The number of nitrogens with zero attached hydrogens (tertiary/aromatic N) is 1. The summed E-state index contributed by atoms with van der Waals surface area (Å²) in [5, 5.41) is 3.54. The van der Waals surface area contributed by atoms with Crippen molar-refractivity contribution in [2.75, 3.05) is 6.61 Å². The molecule has 1 saturated carbocycles. The quantitative estimate of drug-likeness (QED) is 0.753. The van der Waals surface area contributed by atoms with Crippen molar-refractivity contribution < 1.29 is 4.74 Å². The van der Waals surface area contributed by atoms with Crippen molar-refractivity contribution in [1.29, 1.82) is 0 Å². The zero-order valence-electron chi connectivity index (χ0n) is 11.8. The maximum atomic E-state index is 5.84. The summed E-state index contributed by atoms with van der Waals surface area (Å²) >= 11 is 0. The molecular formula is C15H24N2O. The molecule has 0 aliphatic heterocycles. The molecule has 1 aromatic rings. The van der Waals surface area contributed by atoms with Gasteiger partial charge < -0.3 is 10.1 Å². The number of aryl methyl sites for hydroxylation is 2. The second-order valence-corrected chi connectivity index (χ2v) is 5.22. The average molecular weight is 248 g/mol. The summed E-state index contributed by atoms with van der Waals surface area (Å²) < 4.78 is 5.84. The second-order valence-electron chi connectivity index (χ2n) is 5.22. The molecule has 0 saturated heterocycles. The van der Waals surface area contributed by atoms with Crippen molar-refractivity contribution in [3.05, 3.63) is 22.9 Å². The van der Waals surface area contributed by atoms with Gasteiger partial charge in [-0.3, -0.25) is 0 Å². The largest absolute Gasteiger partial charge is 0.477 e. The van der Waals surface area contributed by atoms with E-state index in [4.69, 9.17) is 4.74 Å². The van der Waals surface area contributed by atoms with E-state index in [0.717, 1.165) is 37.6 Å². The molecule has 0 radical (unpaired) electrons. The molecule has 2 rings (SSSR count). The first-order valence-electron chi connectivity index (χ1n) is 7.04. The van der Waals surface area contributed by atoms with Gasteiger partial charge in [-0.25, -0.2) is 4.98 Å². The third kappa shape index (κ3) is 3.70. The van der Waals surface area contributed by atoms with Crippen LogP contribution >= 0.6 is 0 Å². The van der Waals surface area contributed by atoms with E-state index in [2.05, 4.69) is 30.2 Å². The summed E-state index contributed by atoms with van der Waals surface area (Å²) in [6.07, 6.45) is 4.86. The standard InChI is InChI=1S/C15H24N2O/c1-4-5-8-18-15-14(10-16-13-6-7-13)11(2)9-12(3)17-15/h9,13,16H,4-8,10H2,1-3H3. The summed E-state index contributed by atoms with van der Waals surface area (Å²) in [5.74, 6) is 0.828. The normalized spacial score (nSPS) is 14.8. The Balaban J connectivity index is 2.06. The molecule has 0 atom stereocenters. The number of hydrogen-bond acceptors (Lipinski definition) is 3. The lowest BCUT2D eigenvalue weighted by Gasteiger charge is -2.14. The summed E-state index contributed by atoms with van der Waals surface area (Å²) in [4.78, 5) is 4.54. The predicted octanol–water partition coefficient (Wildman–Crippen LogP) is 3.13. The van der Waals surface area contributed by atoms with E-state index in [1.54, 1.807) is 0 Å². The minimum absolute atomic E-state index is 0.717. The van der Waals surface area contributed by atoms with E-state index < -0.39 is 0 Å². The van der Waals surface area contributed by atoms with Crippen molar-refractivity contribution in [3.63, 3.8) is 0 Å². The Labute approximate surface area is 110 Å². The lowest BCUT2D eigenvalue weighted by molar-refractivity contribution is 0.292. The minimum atomic E-state index is 0.717. The number of rotatable bonds is 7. The van der Waals surface area contributed by atoms with Gasteiger partial charge in [-0.2, -0.15) is 0 Å². The van der Waals surface area contributed by atoms with Crippen LogP contribution in [0.1, 0.15) is 49.4 Å². The van der Waals surface area contributed by atoms with Crippen LogP contribution in [-0.4, -0.2) is 17.6 Å². The van der Waals surface area contributed by atoms with E-state index in [-0.39, 0.29) is 0 Å². The molecular weight excluding hydrogens is 224 g/mol. The maximum absolute atomic E-state index is 5.84.